The van der Waals surface area contributed by atoms with Crippen LogP contribution in [0.5, 0.6) is 5.75 Å². The number of likely N-dealkylation sites (tertiary alicyclic amines) is 1. The number of carbonyl (C=O) groups excluding carboxylic acids is 2. The molecule has 0 N–H and O–H groups in total. The molecular formula is C31H31F3N2O5. The number of carbonyl (C=O) groups is 2. The van der Waals surface area contributed by atoms with E-state index in [1.807, 2.05) is 51.1 Å². The summed E-state index contributed by atoms with van der Waals surface area (Å²) in [6.07, 6.45) is -3.26. The Kier molecular flexibility index (Phi) is 6.35. The highest BCUT2D eigenvalue weighted by Crippen LogP contribution is 2.53. The average Bonchev–Trinajstić information content (AvgIpc) is 3.61. The highest BCUT2D eigenvalue weighted by Gasteiger charge is 2.57. The zero-order valence-electron chi connectivity index (χ0n) is 23.1. The van der Waals surface area contributed by atoms with E-state index in [1.165, 1.54) is 11.0 Å². The quantitative estimate of drug-likeness (QED) is 0.354. The van der Waals surface area contributed by atoms with E-state index in [1.54, 1.807) is 17.0 Å². The highest BCUT2D eigenvalue weighted by atomic mass is 19.4. The lowest BCUT2D eigenvalue weighted by atomic mass is 9.75. The number of alkyl halides is 3. The second kappa shape index (κ2) is 9.56. The number of fused-ring (bicyclic) bond motifs is 4. The smallest absolute Gasteiger partial charge is 0.449 e. The molecule has 2 aromatic carbocycles. The Labute approximate surface area is 235 Å². The highest BCUT2D eigenvalue weighted by molar-refractivity contribution is 6.11. The number of anilines is 1. The topological polar surface area (TPSA) is 72.2 Å². The molecular weight excluding hydrogens is 537 g/mol. The lowest BCUT2D eigenvalue weighted by Gasteiger charge is -2.34. The van der Waals surface area contributed by atoms with Crippen LogP contribution in [0.2, 0.25) is 0 Å². The number of hydrogen-bond acceptors (Lipinski definition) is 5. The summed E-state index contributed by atoms with van der Waals surface area (Å²) in [5.74, 6) is -0.704. The van der Waals surface area contributed by atoms with E-state index < -0.39 is 23.0 Å². The van der Waals surface area contributed by atoms with Crippen molar-refractivity contribution in [2.24, 2.45) is 0 Å². The van der Waals surface area contributed by atoms with Crippen LogP contribution in [0, 0.1) is 0 Å². The maximum Gasteiger partial charge on any atom is 0.449 e. The standard InChI is InChI=1S/C31H31F3N2O5/c1-29(2,3)41-28(38)35-14-6-7-20(16-35)19-10-12-25-23(15-19)30(18-39-25)22-8-4-5-9-24(22)36(27(30)37)17-21-11-13-26(40-21)31(32,33)34/h4-5,8-13,15,20H,6-7,14,16-18H2,1-3H3/t20?,30-/m1/s1. The summed E-state index contributed by atoms with van der Waals surface area (Å²) in [7, 11) is 0. The molecule has 0 bridgehead atoms. The molecule has 0 radical (unpaired) electrons. The first-order chi connectivity index (χ1) is 19.4. The molecule has 0 aliphatic carbocycles. The van der Waals surface area contributed by atoms with E-state index in [9.17, 15) is 22.8 Å². The first-order valence-corrected chi connectivity index (χ1v) is 13.7. The van der Waals surface area contributed by atoms with Crippen molar-refractivity contribution in [2.45, 2.75) is 63.3 Å². The molecule has 3 aromatic rings. The molecule has 1 fully saturated rings. The first kappa shape index (κ1) is 27.2. The van der Waals surface area contributed by atoms with Crippen LogP contribution >= 0.6 is 0 Å². The zero-order chi connectivity index (χ0) is 29.2. The van der Waals surface area contributed by atoms with Crippen LogP contribution in [0.4, 0.5) is 23.7 Å². The van der Waals surface area contributed by atoms with Crippen molar-refractivity contribution in [3.63, 3.8) is 0 Å². The summed E-state index contributed by atoms with van der Waals surface area (Å²) in [4.78, 5) is 30.2. The van der Waals surface area contributed by atoms with Gasteiger partial charge in [0.15, 0.2) is 0 Å². The number of amides is 2. The van der Waals surface area contributed by atoms with Gasteiger partial charge < -0.3 is 23.7 Å². The summed E-state index contributed by atoms with van der Waals surface area (Å²) in [6, 6.07) is 15.3. The van der Waals surface area contributed by atoms with Gasteiger partial charge in [0.2, 0.25) is 11.7 Å². The van der Waals surface area contributed by atoms with Gasteiger partial charge in [0.1, 0.15) is 29.1 Å². The van der Waals surface area contributed by atoms with E-state index in [2.05, 4.69) is 0 Å². The number of ether oxygens (including phenoxy) is 2. The van der Waals surface area contributed by atoms with Crippen LogP contribution in [0.15, 0.2) is 59.0 Å². The third-order valence-electron chi connectivity index (χ3n) is 7.97. The third kappa shape index (κ3) is 4.73. The molecule has 7 nitrogen and oxygen atoms in total. The van der Waals surface area contributed by atoms with Crippen LogP contribution in [-0.4, -0.2) is 42.2 Å². The van der Waals surface area contributed by atoms with Crippen molar-refractivity contribution < 1.29 is 36.7 Å². The minimum Gasteiger partial charge on any atom is -0.491 e. The van der Waals surface area contributed by atoms with Crippen LogP contribution < -0.4 is 9.64 Å². The Morgan fingerprint density at radius 3 is 2.59 bits per heavy atom. The Balaban J connectivity index is 1.32. The van der Waals surface area contributed by atoms with Crippen molar-refractivity contribution in [3.05, 3.63) is 82.8 Å². The molecule has 10 heteroatoms. The largest absolute Gasteiger partial charge is 0.491 e. The minimum atomic E-state index is -4.61. The molecule has 3 aliphatic heterocycles. The second-order valence-electron chi connectivity index (χ2n) is 11.9. The molecule has 3 aliphatic rings. The summed E-state index contributed by atoms with van der Waals surface area (Å²) in [6.45, 7) is 6.58. The van der Waals surface area contributed by atoms with Crippen LogP contribution in [0.1, 0.15) is 67.7 Å². The number of piperidine rings is 1. The fraction of sp³-hybridized carbons (Fsp3) is 0.419. The van der Waals surface area contributed by atoms with Crippen molar-refractivity contribution >= 4 is 17.7 Å². The SMILES string of the molecule is CC(C)(C)OC(=O)N1CCCC(c2ccc3c(c2)[C@]2(CO3)C(=O)N(Cc3ccc(C(F)(F)F)o3)c3ccccc32)C1. The van der Waals surface area contributed by atoms with Crippen molar-refractivity contribution in [1.82, 2.24) is 4.90 Å². The molecule has 216 valence electrons. The van der Waals surface area contributed by atoms with Gasteiger partial charge in [0, 0.05) is 30.3 Å². The number of furan rings is 1. The van der Waals surface area contributed by atoms with Gasteiger partial charge in [0.25, 0.3) is 0 Å². The van der Waals surface area contributed by atoms with Crippen molar-refractivity contribution in [2.75, 3.05) is 24.6 Å². The molecule has 4 heterocycles. The Morgan fingerprint density at radius 2 is 1.85 bits per heavy atom. The van der Waals surface area contributed by atoms with Crippen molar-refractivity contribution in [3.8, 4) is 5.75 Å². The van der Waals surface area contributed by atoms with Gasteiger partial charge in [-0.3, -0.25) is 4.79 Å². The number of hydrogen-bond donors (Lipinski definition) is 0. The maximum atomic E-state index is 14.2. The number of nitrogens with zero attached hydrogens (tertiary/aromatic N) is 2. The fourth-order valence-electron chi connectivity index (χ4n) is 6.12. The Morgan fingerprint density at radius 1 is 1.07 bits per heavy atom. The number of benzene rings is 2. The molecule has 2 amide bonds. The van der Waals surface area contributed by atoms with Gasteiger partial charge in [-0.25, -0.2) is 4.79 Å². The summed E-state index contributed by atoms with van der Waals surface area (Å²) < 4.78 is 56.2. The predicted molar refractivity (Wildman–Crippen MR) is 144 cm³/mol. The molecule has 2 atom stereocenters. The molecule has 1 saturated heterocycles. The van der Waals surface area contributed by atoms with Gasteiger partial charge in [-0.1, -0.05) is 30.3 Å². The van der Waals surface area contributed by atoms with Crippen LogP contribution in [0.3, 0.4) is 0 Å². The van der Waals surface area contributed by atoms with Gasteiger partial charge in [0.05, 0.1) is 6.54 Å². The summed E-state index contributed by atoms with van der Waals surface area (Å²) in [5, 5.41) is 0. The predicted octanol–water partition coefficient (Wildman–Crippen LogP) is 6.64. The normalized spacial score (nSPS) is 22.1. The van der Waals surface area contributed by atoms with Gasteiger partial charge in [-0.2, -0.15) is 13.2 Å². The van der Waals surface area contributed by atoms with Gasteiger partial charge in [-0.05, 0) is 69.0 Å². The van der Waals surface area contributed by atoms with E-state index in [4.69, 9.17) is 13.9 Å². The molecule has 41 heavy (non-hydrogen) atoms. The molecule has 1 unspecified atom stereocenters. The van der Waals surface area contributed by atoms with Gasteiger partial charge in [-0.15, -0.1) is 0 Å². The monoisotopic (exact) mass is 568 g/mol. The lowest BCUT2D eigenvalue weighted by Crippen LogP contribution is -2.43. The Bertz CT molecular complexity index is 1510. The molecule has 1 aromatic heterocycles. The molecule has 6 rings (SSSR count). The van der Waals surface area contributed by atoms with Crippen LogP contribution in [0.25, 0.3) is 0 Å². The average molecular weight is 569 g/mol. The molecule has 1 spiro atoms. The maximum absolute atomic E-state index is 14.2. The number of halogens is 3. The van der Waals surface area contributed by atoms with E-state index >= 15 is 0 Å². The minimum absolute atomic E-state index is 0.0369. The Hall–Kier alpha value is -3.95. The van der Waals surface area contributed by atoms with Crippen molar-refractivity contribution in [1.29, 1.82) is 0 Å². The first-order valence-electron chi connectivity index (χ1n) is 13.7. The third-order valence-corrected chi connectivity index (χ3v) is 7.97. The van der Waals surface area contributed by atoms with Gasteiger partial charge >= 0.3 is 12.3 Å². The second-order valence-corrected chi connectivity index (χ2v) is 11.9. The fourth-order valence-corrected chi connectivity index (χ4v) is 6.12. The van der Waals surface area contributed by atoms with E-state index in [-0.39, 0.29) is 36.8 Å². The zero-order valence-corrected chi connectivity index (χ0v) is 23.1. The van der Waals surface area contributed by atoms with Crippen LogP contribution in [-0.2, 0) is 27.7 Å². The van der Waals surface area contributed by atoms with E-state index in [0.29, 0.717) is 24.5 Å². The number of para-hydroxylation sites is 1. The molecule has 0 saturated carbocycles. The van der Waals surface area contributed by atoms with E-state index in [0.717, 1.165) is 35.6 Å². The number of rotatable bonds is 3. The summed E-state index contributed by atoms with van der Waals surface area (Å²) >= 11 is 0. The lowest BCUT2D eigenvalue weighted by molar-refractivity contribution is -0.153. The summed E-state index contributed by atoms with van der Waals surface area (Å²) in [5.41, 5.74) is 1.33.